The molecule has 0 saturated carbocycles. The number of thiazole rings is 1. The summed E-state index contributed by atoms with van der Waals surface area (Å²) in [5.74, 6) is 0.220. The number of para-hydroxylation sites is 1. The maximum Gasteiger partial charge on any atom is 0.260 e. The van der Waals surface area contributed by atoms with Crippen LogP contribution < -0.4 is 10.1 Å². The highest BCUT2D eigenvalue weighted by molar-refractivity contribution is 7.11. The summed E-state index contributed by atoms with van der Waals surface area (Å²) >= 11 is 1.68. The lowest BCUT2D eigenvalue weighted by Crippen LogP contribution is -2.37. The third kappa shape index (κ3) is 4.56. The molecule has 24 heavy (non-hydrogen) atoms. The second-order valence-electron chi connectivity index (χ2n) is 5.37. The van der Waals surface area contributed by atoms with Crippen LogP contribution in [0.5, 0.6) is 5.75 Å². The number of nitrogens with one attached hydrogen (secondary N) is 1. The maximum atomic E-state index is 12.1. The van der Waals surface area contributed by atoms with Crippen molar-refractivity contribution < 1.29 is 9.53 Å². The quantitative estimate of drug-likeness (QED) is 0.838. The third-order valence-corrected chi connectivity index (χ3v) is 4.66. The SMILES string of the molecule is CCc1nc(CCNC(=O)[C@@H](C)Oc2ccccc2C#N)sc1C. The Bertz CT molecular complexity index is 749. The summed E-state index contributed by atoms with van der Waals surface area (Å²) in [6, 6.07) is 8.94. The fourth-order valence-electron chi connectivity index (χ4n) is 2.26. The van der Waals surface area contributed by atoms with E-state index in [2.05, 4.69) is 30.2 Å². The first kappa shape index (κ1) is 18.0. The largest absolute Gasteiger partial charge is 0.480 e. The van der Waals surface area contributed by atoms with Gasteiger partial charge in [-0.3, -0.25) is 4.79 Å². The van der Waals surface area contributed by atoms with Crippen LogP contribution in [-0.2, 0) is 17.6 Å². The van der Waals surface area contributed by atoms with Crippen LogP contribution in [0.4, 0.5) is 0 Å². The molecule has 6 heteroatoms. The van der Waals surface area contributed by atoms with Crippen LogP contribution in [0, 0.1) is 18.3 Å². The Hall–Kier alpha value is -2.39. The van der Waals surface area contributed by atoms with E-state index < -0.39 is 6.10 Å². The first-order valence-electron chi connectivity index (χ1n) is 7.93. The lowest BCUT2D eigenvalue weighted by atomic mass is 10.2. The van der Waals surface area contributed by atoms with E-state index in [-0.39, 0.29) is 5.91 Å². The van der Waals surface area contributed by atoms with Crippen LogP contribution in [0.1, 0.15) is 35.0 Å². The van der Waals surface area contributed by atoms with Crippen LogP contribution in [0.25, 0.3) is 0 Å². The van der Waals surface area contributed by atoms with Gasteiger partial charge in [-0.05, 0) is 32.4 Å². The smallest absolute Gasteiger partial charge is 0.260 e. The van der Waals surface area contributed by atoms with Crippen molar-refractivity contribution in [3.8, 4) is 11.8 Å². The molecule has 0 bridgehead atoms. The number of ether oxygens (including phenoxy) is 1. The van der Waals surface area contributed by atoms with Gasteiger partial charge in [-0.2, -0.15) is 5.26 Å². The van der Waals surface area contributed by atoms with E-state index in [0.29, 0.717) is 24.3 Å². The Morgan fingerprint density at radius 2 is 2.21 bits per heavy atom. The average molecular weight is 343 g/mol. The number of aromatic nitrogens is 1. The van der Waals surface area contributed by atoms with Crippen LogP contribution in [0.3, 0.4) is 0 Å². The molecule has 0 aliphatic rings. The number of nitrogens with zero attached hydrogens (tertiary/aromatic N) is 2. The van der Waals surface area contributed by atoms with E-state index in [1.807, 2.05) is 0 Å². The molecule has 2 aromatic rings. The molecule has 0 saturated heterocycles. The third-order valence-electron chi connectivity index (χ3n) is 3.59. The minimum absolute atomic E-state index is 0.202. The van der Waals surface area contributed by atoms with Gasteiger partial charge in [-0.25, -0.2) is 4.98 Å². The van der Waals surface area contributed by atoms with E-state index in [0.717, 1.165) is 17.1 Å². The second-order valence-corrected chi connectivity index (χ2v) is 6.66. The standard InChI is InChI=1S/C18H21N3O2S/c1-4-15-13(3)24-17(21-15)9-10-20-18(22)12(2)23-16-8-6-5-7-14(16)11-19/h5-8,12H,4,9-10H2,1-3H3,(H,20,22)/t12-/m1/s1. The topological polar surface area (TPSA) is 75.0 Å². The number of amides is 1. The molecule has 0 radical (unpaired) electrons. The van der Waals surface area contributed by atoms with Crippen molar-refractivity contribution in [1.29, 1.82) is 5.26 Å². The van der Waals surface area contributed by atoms with Gasteiger partial charge in [0.05, 0.1) is 16.3 Å². The predicted molar refractivity (Wildman–Crippen MR) is 94.2 cm³/mol. The number of benzene rings is 1. The Morgan fingerprint density at radius 3 is 2.88 bits per heavy atom. The summed E-state index contributed by atoms with van der Waals surface area (Å²) in [6.07, 6.45) is 0.972. The molecule has 1 N–H and O–H groups in total. The molecule has 1 heterocycles. The number of carbonyl (C=O) groups excluding carboxylic acids is 1. The van der Waals surface area contributed by atoms with Crippen LogP contribution in [-0.4, -0.2) is 23.5 Å². The molecule has 1 aromatic heterocycles. The van der Waals surface area contributed by atoms with E-state index in [9.17, 15) is 4.79 Å². The summed E-state index contributed by atoms with van der Waals surface area (Å²) in [7, 11) is 0. The highest BCUT2D eigenvalue weighted by Gasteiger charge is 2.16. The van der Waals surface area contributed by atoms with Crippen molar-refractivity contribution >= 4 is 17.2 Å². The van der Waals surface area contributed by atoms with Crippen molar-refractivity contribution in [2.24, 2.45) is 0 Å². The molecule has 126 valence electrons. The number of rotatable bonds is 7. The fraction of sp³-hybridized carbons (Fsp3) is 0.389. The van der Waals surface area contributed by atoms with Crippen LogP contribution >= 0.6 is 11.3 Å². The molecule has 0 fully saturated rings. The number of nitriles is 1. The number of aryl methyl sites for hydroxylation is 2. The van der Waals surface area contributed by atoms with Gasteiger partial charge in [0.1, 0.15) is 11.8 Å². The van der Waals surface area contributed by atoms with Gasteiger partial charge in [-0.1, -0.05) is 19.1 Å². The van der Waals surface area contributed by atoms with E-state index >= 15 is 0 Å². The normalized spacial score (nSPS) is 11.6. The van der Waals surface area contributed by atoms with Crippen molar-refractivity contribution in [2.45, 2.75) is 39.7 Å². The zero-order valence-corrected chi connectivity index (χ0v) is 14.9. The van der Waals surface area contributed by atoms with Gasteiger partial charge in [-0.15, -0.1) is 11.3 Å². The lowest BCUT2D eigenvalue weighted by molar-refractivity contribution is -0.127. The molecule has 0 aliphatic carbocycles. The summed E-state index contributed by atoms with van der Waals surface area (Å²) < 4.78 is 5.59. The predicted octanol–water partition coefficient (Wildman–Crippen LogP) is 3.01. The first-order chi connectivity index (χ1) is 11.5. The van der Waals surface area contributed by atoms with Gasteiger partial charge in [0.15, 0.2) is 6.10 Å². The molecular formula is C18H21N3O2S. The molecule has 1 amide bonds. The maximum absolute atomic E-state index is 12.1. The molecule has 1 atom stereocenters. The zero-order chi connectivity index (χ0) is 17.5. The van der Waals surface area contributed by atoms with Crippen molar-refractivity contribution in [2.75, 3.05) is 6.54 Å². The average Bonchev–Trinajstić information content (AvgIpc) is 2.95. The molecule has 5 nitrogen and oxygen atoms in total. The lowest BCUT2D eigenvalue weighted by Gasteiger charge is -2.15. The summed E-state index contributed by atoms with van der Waals surface area (Å²) in [4.78, 5) is 17.9. The molecule has 2 rings (SSSR count). The minimum atomic E-state index is -0.663. The van der Waals surface area contributed by atoms with E-state index in [1.54, 1.807) is 42.5 Å². The van der Waals surface area contributed by atoms with Crippen LogP contribution in [0.15, 0.2) is 24.3 Å². The number of hydrogen-bond donors (Lipinski definition) is 1. The fourth-order valence-corrected chi connectivity index (χ4v) is 3.29. The van der Waals surface area contributed by atoms with Gasteiger partial charge >= 0.3 is 0 Å². The molecule has 0 unspecified atom stereocenters. The summed E-state index contributed by atoms with van der Waals surface area (Å²) in [5, 5.41) is 12.9. The molecule has 0 spiro atoms. The van der Waals surface area contributed by atoms with Gasteiger partial charge in [0.2, 0.25) is 0 Å². The zero-order valence-electron chi connectivity index (χ0n) is 14.1. The van der Waals surface area contributed by atoms with Gasteiger partial charge in [0, 0.05) is 17.8 Å². The molecule has 0 aliphatic heterocycles. The van der Waals surface area contributed by atoms with E-state index in [4.69, 9.17) is 10.00 Å². The number of carbonyl (C=O) groups is 1. The van der Waals surface area contributed by atoms with Gasteiger partial charge in [0.25, 0.3) is 5.91 Å². The van der Waals surface area contributed by atoms with Crippen molar-refractivity contribution in [3.05, 3.63) is 45.4 Å². The molecule has 1 aromatic carbocycles. The Balaban J connectivity index is 1.84. The van der Waals surface area contributed by atoms with Crippen LogP contribution in [0.2, 0.25) is 0 Å². The second kappa shape index (κ2) is 8.46. The minimum Gasteiger partial charge on any atom is -0.480 e. The molecular weight excluding hydrogens is 322 g/mol. The van der Waals surface area contributed by atoms with Crippen molar-refractivity contribution in [3.63, 3.8) is 0 Å². The Morgan fingerprint density at radius 1 is 1.46 bits per heavy atom. The highest BCUT2D eigenvalue weighted by Crippen LogP contribution is 2.19. The Labute approximate surface area is 146 Å². The van der Waals surface area contributed by atoms with E-state index in [1.165, 1.54) is 4.88 Å². The van der Waals surface area contributed by atoms with Gasteiger partial charge < -0.3 is 10.1 Å². The highest BCUT2D eigenvalue weighted by atomic mass is 32.1. The Kier molecular flexibility index (Phi) is 6.33. The summed E-state index contributed by atoms with van der Waals surface area (Å²) in [6.45, 7) is 6.35. The summed E-state index contributed by atoms with van der Waals surface area (Å²) in [5.41, 5.74) is 1.55. The first-order valence-corrected chi connectivity index (χ1v) is 8.75. The monoisotopic (exact) mass is 343 g/mol. The number of hydrogen-bond acceptors (Lipinski definition) is 5. The van der Waals surface area contributed by atoms with Crippen molar-refractivity contribution in [1.82, 2.24) is 10.3 Å².